The van der Waals surface area contributed by atoms with Gasteiger partial charge >= 0.3 is 0 Å². The Hall–Kier alpha value is -1.16. The molecule has 3 nitrogen and oxygen atoms in total. The van der Waals surface area contributed by atoms with Gasteiger partial charge in [-0.05, 0) is 25.5 Å². The first-order valence-corrected chi connectivity index (χ1v) is 7.30. The van der Waals surface area contributed by atoms with E-state index in [9.17, 15) is 0 Å². The van der Waals surface area contributed by atoms with Gasteiger partial charge in [-0.3, -0.25) is 4.99 Å². The third-order valence-electron chi connectivity index (χ3n) is 2.80. The van der Waals surface area contributed by atoms with Gasteiger partial charge in [0.15, 0.2) is 5.17 Å². The molecule has 2 rings (SSSR count). The van der Waals surface area contributed by atoms with Gasteiger partial charge in [-0.15, -0.1) is 0 Å². The van der Waals surface area contributed by atoms with Gasteiger partial charge in [0.2, 0.25) is 0 Å². The number of benzene rings is 1. The minimum atomic E-state index is 0.249. The molecule has 1 aromatic carbocycles. The lowest BCUT2D eigenvalue weighted by molar-refractivity contribution is 0.217. The van der Waals surface area contributed by atoms with E-state index in [0.717, 1.165) is 29.6 Å². The molecule has 98 valence electrons. The van der Waals surface area contributed by atoms with Crippen LogP contribution in [0.15, 0.2) is 29.3 Å². The Bertz CT molecular complexity index is 434. The molecule has 2 atom stereocenters. The maximum absolute atomic E-state index is 5.80. The van der Waals surface area contributed by atoms with Crippen LogP contribution in [0.4, 0.5) is 5.69 Å². The fourth-order valence-electron chi connectivity index (χ4n) is 1.63. The number of thioether (sulfide) groups is 1. The normalized spacial score (nSPS) is 20.4. The monoisotopic (exact) mass is 264 g/mol. The van der Waals surface area contributed by atoms with E-state index in [1.54, 1.807) is 11.8 Å². The topological polar surface area (TPSA) is 33.6 Å². The van der Waals surface area contributed by atoms with Gasteiger partial charge in [0.25, 0.3) is 0 Å². The van der Waals surface area contributed by atoms with Crippen molar-refractivity contribution in [2.45, 2.75) is 38.5 Å². The first kappa shape index (κ1) is 13.3. The van der Waals surface area contributed by atoms with E-state index in [1.165, 1.54) is 0 Å². The number of rotatable bonds is 4. The first-order valence-electron chi connectivity index (χ1n) is 6.42. The molecular formula is C14H20N2OS. The van der Waals surface area contributed by atoms with Gasteiger partial charge in [-0.25, -0.2) is 0 Å². The highest BCUT2D eigenvalue weighted by atomic mass is 32.2. The minimum absolute atomic E-state index is 0.249. The molecule has 0 bridgehead atoms. The van der Waals surface area contributed by atoms with Crippen LogP contribution in [0.25, 0.3) is 0 Å². The maximum Gasteiger partial charge on any atom is 0.161 e. The van der Waals surface area contributed by atoms with Crippen molar-refractivity contribution in [1.29, 1.82) is 0 Å². The fourth-order valence-corrected chi connectivity index (χ4v) is 2.49. The molecule has 0 amide bonds. The van der Waals surface area contributed by atoms with Crippen LogP contribution in [0.5, 0.6) is 5.75 Å². The maximum atomic E-state index is 5.80. The number of aliphatic imine (C=N–C) groups is 1. The third-order valence-corrected chi connectivity index (χ3v) is 3.81. The van der Waals surface area contributed by atoms with Gasteiger partial charge in [0, 0.05) is 17.0 Å². The van der Waals surface area contributed by atoms with Gasteiger partial charge in [-0.2, -0.15) is 0 Å². The zero-order chi connectivity index (χ0) is 13.0. The second-order valence-corrected chi connectivity index (χ2v) is 5.99. The van der Waals surface area contributed by atoms with E-state index in [2.05, 4.69) is 31.1 Å². The Morgan fingerprint density at radius 3 is 3.06 bits per heavy atom. The summed E-state index contributed by atoms with van der Waals surface area (Å²) < 4.78 is 5.80. The van der Waals surface area contributed by atoms with E-state index >= 15 is 0 Å². The van der Waals surface area contributed by atoms with Crippen LogP contribution in [0.1, 0.15) is 27.2 Å². The zero-order valence-electron chi connectivity index (χ0n) is 11.1. The molecule has 1 heterocycles. The summed E-state index contributed by atoms with van der Waals surface area (Å²) in [5, 5.41) is 4.91. The molecule has 0 spiro atoms. The smallest absolute Gasteiger partial charge is 0.161 e. The summed E-state index contributed by atoms with van der Waals surface area (Å²) in [4.78, 5) is 4.45. The summed E-state index contributed by atoms with van der Waals surface area (Å²) in [6.07, 6.45) is 1.26. The van der Waals surface area contributed by atoms with Crippen LogP contribution in [0.2, 0.25) is 0 Å². The molecule has 2 unspecified atom stereocenters. The molecule has 0 saturated heterocycles. The average Bonchev–Trinajstić information content (AvgIpc) is 2.75. The number of ether oxygens (including phenoxy) is 1. The molecule has 0 aliphatic carbocycles. The largest absolute Gasteiger partial charge is 0.491 e. The average molecular weight is 264 g/mol. The lowest BCUT2D eigenvalue weighted by Gasteiger charge is -2.14. The minimum Gasteiger partial charge on any atom is -0.491 e. The molecule has 0 aromatic heterocycles. The van der Waals surface area contributed by atoms with Crippen molar-refractivity contribution in [3.05, 3.63) is 24.3 Å². The molecule has 1 aliphatic rings. The molecule has 0 fully saturated rings. The molecule has 4 heteroatoms. The number of nitrogens with one attached hydrogen (secondary N) is 1. The number of anilines is 1. The Morgan fingerprint density at radius 2 is 2.39 bits per heavy atom. The van der Waals surface area contributed by atoms with Crippen molar-refractivity contribution in [2.24, 2.45) is 4.99 Å². The van der Waals surface area contributed by atoms with E-state index < -0.39 is 0 Å². The third kappa shape index (κ3) is 3.67. The van der Waals surface area contributed by atoms with Crippen molar-refractivity contribution in [3.8, 4) is 5.75 Å². The van der Waals surface area contributed by atoms with Crippen molar-refractivity contribution in [1.82, 2.24) is 0 Å². The van der Waals surface area contributed by atoms with E-state index in [-0.39, 0.29) is 6.10 Å². The molecule has 18 heavy (non-hydrogen) atoms. The molecule has 1 aliphatic heterocycles. The standard InChI is InChI=1S/C14H20N2OS/c1-4-10(2)17-13-7-5-6-12(8-13)16-14-15-9-11(3)18-14/h5-8,10-11H,4,9H2,1-3H3,(H,15,16). The van der Waals surface area contributed by atoms with Crippen LogP contribution in [-0.4, -0.2) is 23.1 Å². The van der Waals surface area contributed by atoms with Crippen molar-refractivity contribution >= 4 is 22.6 Å². The number of amidine groups is 1. The fraction of sp³-hybridized carbons (Fsp3) is 0.500. The summed E-state index contributed by atoms with van der Waals surface area (Å²) in [5.41, 5.74) is 1.04. The van der Waals surface area contributed by atoms with Crippen LogP contribution < -0.4 is 10.1 Å². The van der Waals surface area contributed by atoms with Gasteiger partial charge in [-0.1, -0.05) is 31.7 Å². The molecule has 0 radical (unpaired) electrons. The Balaban J connectivity index is 1.99. The number of nitrogens with zero attached hydrogens (tertiary/aromatic N) is 1. The highest BCUT2D eigenvalue weighted by Gasteiger charge is 2.14. The molecule has 1 N–H and O–H groups in total. The Morgan fingerprint density at radius 1 is 1.56 bits per heavy atom. The molecular weight excluding hydrogens is 244 g/mol. The lowest BCUT2D eigenvalue weighted by atomic mass is 10.3. The quantitative estimate of drug-likeness (QED) is 0.898. The molecule has 0 saturated carbocycles. The van der Waals surface area contributed by atoms with Crippen molar-refractivity contribution < 1.29 is 4.74 Å². The molecule has 1 aromatic rings. The summed E-state index contributed by atoms with van der Waals surface area (Å²) >= 11 is 1.78. The number of hydrogen-bond acceptors (Lipinski definition) is 4. The predicted octanol–water partition coefficient (Wildman–Crippen LogP) is 3.77. The Labute approximate surface area is 113 Å². The summed E-state index contributed by atoms with van der Waals surface area (Å²) in [6, 6.07) is 8.06. The van der Waals surface area contributed by atoms with Crippen molar-refractivity contribution in [3.63, 3.8) is 0 Å². The van der Waals surface area contributed by atoms with E-state index in [1.807, 2.05) is 24.3 Å². The highest BCUT2D eigenvalue weighted by Crippen LogP contribution is 2.24. The SMILES string of the molecule is CCC(C)Oc1cccc(NC2=NCC(C)S2)c1. The van der Waals surface area contributed by atoms with Crippen molar-refractivity contribution in [2.75, 3.05) is 11.9 Å². The van der Waals surface area contributed by atoms with Gasteiger partial charge in [0.05, 0.1) is 12.6 Å². The van der Waals surface area contributed by atoms with Crippen LogP contribution in [0, 0.1) is 0 Å². The second kappa shape index (κ2) is 6.14. The van der Waals surface area contributed by atoms with E-state index in [0.29, 0.717) is 5.25 Å². The summed E-state index contributed by atoms with van der Waals surface area (Å²) in [5.74, 6) is 0.908. The Kier molecular flexibility index (Phi) is 4.53. The van der Waals surface area contributed by atoms with Crippen LogP contribution in [0.3, 0.4) is 0 Å². The number of hydrogen-bond donors (Lipinski definition) is 1. The van der Waals surface area contributed by atoms with Gasteiger partial charge < -0.3 is 10.1 Å². The van der Waals surface area contributed by atoms with Crippen LogP contribution in [-0.2, 0) is 0 Å². The predicted molar refractivity (Wildman–Crippen MR) is 79.8 cm³/mol. The lowest BCUT2D eigenvalue weighted by Crippen LogP contribution is -2.10. The van der Waals surface area contributed by atoms with Crippen LogP contribution >= 0.6 is 11.8 Å². The zero-order valence-corrected chi connectivity index (χ0v) is 12.0. The summed E-state index contributed by atoms with van der Waals surface area (Å²) in [6.45, 7) is 7.29. The van der Waals surface area contributed by atoms with E-state index in [4.69, 9.17) is 4.74 Å². The summed E-state index contributed by atoms with van der Waals surface area (Å²) in [7, 11) is 0. The van der Waals surface area contributed by atoms with Gasteiger partial charge in [0.1, 0.15) is 5.75 Å². The highest BCUT2D eigenvalue weighted by molar-refractivity contribution is 8.15. The second-order valence-electron chi connectivity index (χ2n) is 4.56. The first-order chi connectivity index (χ1) is 8.67.